The largest absolute Gasteiger partial charge is 0.477 e. The number of amides is 1. The van der Waals surface area contributed by atoms with Gasteiger partial charge in [-0.2, -0.15) is 0 Å². The van der Waals surface area contributed by atoms with Crippen LogP contribution in [0.5, 0.6) is 0 Å². The lowest BCUT2D eigenvalue weighted by Crippen LogP contribution is -2.62. The Morgan fingerprint density at radius 3 is 2.42 bits per heavy atom. The van der Waals surface area contributed by atoms with Crippen molar-refractivity contribution < 1.29 is 18.9 Å². The number of nitrogens with zero attached hydrogens (tertiary/aromatic N) is 2. The van der Waals surface area contributed by atoms with Gasteiger partial charge in [-0.15, -0.1) is 11.8 Å². The number of hydrogen-bond acceptors (Lipinski definition) is 7. The van der Waals surface area contributed by atoms with Crippen LogP contribution >= 0.6 is 24.0 Å². The Kier molecular flexibility index (Phi) is 8.86. The van der Waals surface area contributed by atoms with Gasteiger partial charge in [0.1, 0.15) is 17.7 Å². The van der Waals surface area contributed by atoms with Crippen molar-refractivity contribution in [2.45, 2.75) is 76.8 Å². The first-order valence-corrected chi connectivity index (χ1v) is 18.8. The third-order valence-electron chi connectivity index (χ3n) is 8.86. The van der Waals surface area contributed by atoms with Gasteiger partial charge < -0.3 is 9.16 Å². The zero-order chi connectivity index (χ0) is 31.1. The van der Waals surface area contributed by atoms with Crippen LogP contribution in [-0.2, 0) is 27.0 Å². The molecule has 10 heteroatoms. The summed E-state index contributed by atoms with van der Waals surface area (Å²) in [4.78, 5) is 27.2. The molecule has 3 atom stereocenters. The number of allylic oxidation sites excluding steroid dienone is 1. The lowest BCUT2D eigenvalue weighted by molar-refractivity contribution is -0.384. The summed E-state index contributed by atoms with van der Waals surface area (Å²) >= 11 is 7.50. The number of benzene rings is 3. The fourth-order valence-electron chi connectivity index (χ4n) is 5.41. The van der Waals surface area contributed by atoms with Crippen molar-refractivity contribution >= 4 is 59.7 Å². The van der Waals surface area contributed by atoms with Crippen molar-refractivity contribution in [3.8, 4) is 0 Å². The SMILES string of the molecule is C[C@H](O[Si](C)(C)C(C)(C)C)[C@@H]1C(=O)N2C(C(=S)OCc3ccc([N+](=O)[O-])cc3)=C(CCc3cccc4ccccc34)S[C@H]12. The van der Waals surface area contributed by atoms with Gasteiger partial charge in [0, 0.05) is 17.0 Å². The Bertz CT molecular complexity index is 1590. The molecule has 3 aromatic rings. The third-order valence-corrected chi connectivity index (χ3v) is 15.2. The quantitative estimate of drug-likeness (QED) is 0.0728. The summed E-state index contributed by atoms with van der Waals surface area (Å²) in [5.41, 5.74) is 2.70. The third kappa shape index (κ3) is 6.29. The number of thioether (sulfide) groups is 1. The molecule has 0 N–H and O–H groups in total. The summed E-state index contributed by atoms with van der Waals surface area (Å²) in [6.45, 7) is 13.2. The van der Waals surface area contributed by atoms with Gasteiger partial charge in [0.15, 0.2) is 8.32 Å². The van der Waals surface area contributed by atoms with Gasteiger partial charge in [-0.25, -0.2) is 0 Å². The molecule has 0 aliphatic carbocycles. The molecule has 5 rings (SSSR count). The van der Waals surface area contributed by atoms with Gasteiger partial charge >= 0.3 is 0 Å². The van der Waals surface area contributed by atoms with Crippen LogP contribution in [0.1, 0.15) is 45.2 Å². The van der Waals surface area contributed by atoms with Gasteiger partial charge in [0.2, 0.25) is 11.0 Å². The van der Waals surface area contributed by atoms with E-state index in [9.17, 15) is 14.9 Å². The van der Waals surface area contributed by atoms with Crippen LogP contribution in [-0.4, -0.2) is 40.6 Å². The number of aryl methyl sites for hydroxylation is 1. The number of ether oxygens (including phenoxy) is 1. The molecule has 2 aliphatic heterocycles. The maximum absolute atomic E-state index is 13.7. The van der Waals surface area contributed by atoms with E-state index in [1.165, 1.54) is 28.5 Å². The number of thiocarbonyl (C=S) groups is 1. The van der Waals surface area contributed by atoms with Gasteiger partial charge in [0.05, 0.1) is 16.9 Å². The minimum absolute atomic E-state index is 0.0140. The van der Waals surface area contributed by atoms with E-state index in [-0.39, 0.29) is 45.7 Å². The fourth-order valence-corrected chi connectivity index (χ4v) is 8.80. The molecule has 0 aromatic heterocycles. The van der Waals surface area contributed by atoms with Crippen LogP contribution < -0.4 is 0 Å². The van der Waals surface area contributed by atoms with E-state index in [0.29, 0.717) is 5.70 Å². The number of fused-ring (bicyclic) bond motifs is 2. The van der Waals surface area contributed by atoms with Crippen molar-refractivity contribution in [3.05, 3.63) is 98.6 Å². The van der Waals surface area contributed by atoms with Crippen LogP contribution in [0.3, 0.4) is 0 Å². The first-order valence-electron chi connectivity index (χ1n) is 14.6. The summed E-state index contributed by atoms with van der Waals surface area (Å²) in [5, 5.41) is 13.7. The zero-order valence-electron chi connectivity index (χ0n) is 25.5. The minimum atomic E-state index is -2.08. The molecule has 1 amide bonds. The molecule has 0 radical (unpaired) electrons. The van der Waals surface area contributed by atoms with Crippen molar-refractivity contribution in [3.63, 3.8) is 0 Å². The summed E-state index contributed by atoms with van der Waals surface area (Å²) in [7, 11) is -2.08. The molecule has 0 bridgehead atoms. The highest BCUT2D eigenvalue weighted by atomic mass is 32.2. The Hall–Kier alpha value is -3.05. The second-order valence-corrected chi connectivity index (χ2v) is 19.1. The average Bonchev–Trinajstić information content (AvgIpc) is 3.28. The van der Waals surface area contributed by atoms with Gasteiger partial charge in [-0.3, -0.25) is 19.8 Å². The number of rotatable bonds is 10. The number of β-lactam (4-membered cyclic amide) rings is 1. The molecule has 3 aromatic carbocycles. The lowest BCUT2D eigenvalue weighted by Gasteiger charge is -2.48. The van der Waals surface area contributed by atoms with E-state index in [1.54, 1.807) is 28.8 Å². The van der Waals surface area contributed by atoms with Crippen molar-refractivity contribution in [2.24, 2.45) is 5.92 Å². The topological polar surface area (TPSA) is 81.9 Å². The Morgan fingerprint density at radius 2 is 1.74 bits per heavy atom. The van der Waals surface area contributed by atoms with Gasteiger partial charge in [-0.1, -0.05) is 63.2 Å². The molecule has 7 nitrogen and oxygen atoms in total. The van der Waals surface area contributed by atoms with Crippen molar-refractivity contribution in [1.82, 2.24) is 4.90 Å². The van der Waals surface area contributed by atoms with Crippen LogP contribution in [0.2, 0.25) is 18.1 Å². The molecule has 0 unspecified atom stereocenters. The number of hydrogen-bond donors (Lipinski definition) is 0. The maximum Gasteiger partial charge on any atom is 0.269 e. The summed E-state index contributed by atoms with van der Waals surface area (Å²) in [5.74, 6) is -0.248. The molecule has 0 spiro atoms. The summed E-state index contributed by atoms with van der Waals surface area (Å²) in [6.07, 6.45) is 1.31. The molecule has 1 fully saturated rings. The standard InChI is InChI=1S/C33H38N2O5S2Si/c1-21(40-43(5,6)33(2,3)4)28-30(36)34-29(32(41)39-20-22-14-17-25(18-15-22)35(37)38)27(42-31(28)34)19-16-24-12-9-11-23-10-7-8-13-26(23)24/h7-15,17-18,21,28,31H,16,19-20H2,1-6H3/t21-,28+,31+/m0/s1. The summed E-state index contributed by atoms with van der Waals surface area (Å²) < 4.78 is 12.7. The molecular formula is C33H38N2O5S2Si. The molecule has 2 heterocycles. The van der Waals surface area contributed by atoms with E-state index >= 15 is 0 Å². The van der Waals surface area contributed by atoms with E-state index in [2.05, 4.69) is 70.3 Å². The second-order valence-electron chi connectivity index (χ2n) is 12.7. The normalized spacial score (nSPS) is 19.3. The Morgan fingerprint density at radius 1 is 1.07 bits per heavy atom. The summed E-state index contributed by atoms with van der Waals surface area (Å²) in [6, 6.07) is 20.9. The molecule has 43 heavy (non-hydrogen) atoms. The highest BCUT2D eigenvalue weighted by molar-refractivity contribution is 8.04. The number of non-ortho nitro benzene ring substituents is 1. The average molecular weight is 635 g/mol. The predicted octanol–water partition coefficient (Wildman–Crippen LogP) is 8.38. The van der Waals surface area contributed by atoms with Crippen LogP contribution in [0.4, 0.5) is 5.69 Å². The minimum Gasteiger partial charge on any atom is -0.477 e. The smallest absolute Gasteiger partial charge is 0.269 e. The van der Waals surface area contributed by atoms with E-state index < -0.39 is 13.2 Å². The molecule has 226 valence electrons. The highest BCUT2D eigenvalue weighted by Gasteiger charge is 2.58. The molecule has 2 aliphatic rings. The molecule has 1 saturated heterocycles. The molecule has 0 saturated carbocycles. The monoisotopic (exact) mass is 634 g/mol. The zero-order valence-corrected chi connectivity index (χ0v) is 28.1. The number of carbonyl (C=O) groups excluding carboxylic acids is 1. The van der Waals surface area contributed by atoms with Gasteiger partial charge in [-0.05, 0) is 84.1 Å². The van der Waals surface area contributed by atoms with Crippen LogP contribution in [0.15, 0.2) is 77.3 Å². The van der Waals surface area contributed by atoms with Crippen LogP contribution in [0.25, 0.3) is 10.8 Å². The first kappa shape index (κ1) is 31.4. The van der Waals surface area contributed by atoms with E-state index in [0.717, 1.165) is 23.3 Å². The van der Waals surface area contributed by atoms with Crippen molar-refractivity contribution in [2.75, 3.05) is 0 Å². The fraction of sp³-hybridized carbons (Fsp3) is 0.394. The molecular weight excluding hydrogens is 597 g/mol. The first-order chi connectivity index (χ1) is 20.3. The Labute approximate surface area is 263 Å². The lowest BCUT2D eigenvalue weighted by atomic mass is 9.92. The number of nitro groups is 1. The number of nitro benzene ring substituents is 1. The van der Waals surface area contributed by atoms with Crippen LogP contribution in [0, 0.1) is 16.0 Å². The predicted molar refractivity (Wildman–Crippen MR) is 179 cm³/mol. The van der Waals surface area contributed by atoms with E-state index in [1.807, 2.05) is 13.0 Å². The van der Waals surface area contributed by atoms with Gasteiger partial charge in [0.25, 0.3) is 5.69 Å². The Balaban J connectivity index is 1.37. The highest BCUT2D eigenvalue weighted by Crippen LogP contribution is 2.53. The maximum atomic E-state index is 13.7. The van der Waals surface area contributed by atoms with Crippen molar-refractivity contribution in [1.29, 1.82) is 0 Å². The second kappa shape index (κ2) is 12.1. The van der Waals surface area contributed by atoms with E-state index in [4.69, 9.17) is 21.4 Å². The number of carbonyl (C=O) groups is 1.